The Morgan fingerprint density at radius 3 is 2.52 bits per heavy atom. The van der Waals surface area contributed by atoms with Crippen molar-refractivity contribution in [2.45, 2.75) is 11.4 Å². The third kappa shape index (κ3) is 6.19. The van der Waals surface area contributed by atoms with Crippen LogP contribution in [0.3, 0.4) is 0 Å². The maximum absolute atomic E-state index is 13.2. The molecule has 0 saturated heterocycles. The van der Waals surface area contributed by atoms with Crippen LogP contribution < -0.4 is 5.32 Å². The number of nitrogens with zero attached hydrogens (tertiary/aromatic N) is 1. The fraction of sp³-hybridized carbons (Fsp3) is 0.278. The molecule has 0 saturated carbocycles. The van der Waals surface area contributed by atoms with E-state index in [1.807, 2.05) is 6.07 Å². The van der Waals surface area contributed by atoms with Gasteiger partial charge in [-0.1, -0.05) is 53.5 Å². The molecule has 2 rings (SSSR count). The zero-order valence-electron chi connectivity index (χ0n) is 14.7. The van der Waals surface area contributed by atoms with Gasteiger partial charge >= 0.3 is 0 Å². The summed E-state index contributed by atoms with van der Waals surface area (Å²) in [6.45, 7) is 0.275. The molecule has 27 heavy (non-hydrogen) atoms. The third-order valence-electron chi connectivity index (χ3n) is 3.66. The van der Waals surface area contributed by atoms with E-state index in [1.54, 1.807) is 24.3 Å². The number of benzene rings is 2. The van der Waals surface area contributed by atoms with Gasteiger partial charge < -0.3 is 10.1 Å². The highest BCUT2D eigenvalue weighted by Gasteiger charge is 2.29. The average molecular weight is 431 g/mol. The van der Waals surface area contributed by atoms with E-state index < -0.39 is 15.9 Å². The second-order valence-corrected chi connectivity index (χ2v) is 8.43. The number of nitrogens with one attached hydrogen (secondary N) is 1. The van der Waals surface area contributed by atoms with E-state index in [-0.39, 0.29) is 34.6 Å². The van der Waals surface area contributed by atoms with Crippen LogP contribution in [-0.2, 0) is 26.1 Å². The van der Waals surface area contributed by atoms with Crippen molar-refractivity contribution in [2.75, 3.05) is 26.8 Å². The second-order valence-electron chi connectivity index (χ2n) is 5.68. The molecule has 6 nitrogen and oxygen atoms in total. The van der Waals surface area contributed by atoms with Crippen LogP contribution in [0, 0.1) is 0 Å². The largest absolute Gasteiger partial charge is 0.383 e. The summed E-state index contributed by atoms with van der Waals surface area (Å²) in [5, 5.41) is 2.90. The summed E-state index contributed by atoms with van der Waals surface area (Å²) in [5.74, 6) is -0.440. The van der Waals surface area contributed by atoms with Crippen molar-refractivity contribution < 1.29 is 17.9 Å². The van der Waals surface area contributed by atoms with Gasteiger partial charge in [-0.05, 0) is 23.8 Å². The normalized spacial score (nSPS) is 11.6. The van der Waals surface area contributed by atoms with Crippen LogP contribution in [0.1, 0.15) is 5.56 Å². The number of ether oxygens (including phenoxy) is 1. The summed E-state index contributed by atoms with van der Waals surface area (Å²) in [7, 11) is -2.54. The first-order chi connectivity index (χ1) is 12.8. The van der Waals surface area contributed by atoms with Crippen molar-refractivity contribution in [3.63, 3.8) is 0 Å². The number of halogens is 2. The van der Waals surface area contributed by atoms with Gasteiger partial charge in [-0.15, -0.1) is 0 Å². The van der Waals surface area contributed by atoms with Crippen molar-refractivity contribution >= 4 is 39.1 Å². The molecule has 2 aromatic carbocycles. The van der Waals surface area contributed by atoms with Gasteiger partial charge in [-0.25, -0.2) is 8.42 Å². The Bertz CT molecular complexity index is 876. The molecule has 0 fully saturated rings. The monoisotopic (exact) mass is 430 g/mol. The lowest BCUT2D eigenvalue weighted by Crippen LogP contribution is -2.41. The molecular weight excluding hydrogens is 411 g/mol. The van der Waals surface area contributed by atoms with Gasteiger partial charge in [-0.3, -0.25) is 4.79 Å². The first-order valence-corrected chi connectivity index (χ1v) is 10.3. The first kappa shape index (κ1) is 21.7. The first-order valence-electron chi connectivity index (χ1n) is 8.09. The minimum atomic E-state index is -4.05. The summed E-state index contributed by atoms with van der Waals surface area (Å²) < 4.78 is 32.3. The Hall–Kier alpha value is -1.64. The zero-order valence-corrected chi connectivity index (χ0v) is 17.0. The highest BCUT2D eigenvalue weighted by atomic mass is 35.5. The van der Waals surface area contributed by atoms with Gasteiger partial charge in [0.15, 0.2) is 0 Å². The molecule has 0 spiro atoms. The molecule has 0 atom stereocenters. The standard InChI is InChI=1S/C18H20Cl2N2O4S/c1-26-10-9-21-18(23)13-22(12-14-5-3-2-4-6-14)27(24,25)17-11-15(19)7-8-16(17)20/h2-8,11H,9-10,12-13H2,1H3,(H,21,23). The van der Waals surface area contributed by atoms with E-state index in [2.05, 4.69) is 5.32 Å². The van der Waals surface area contributed by atoms with Gasteiger partial charge in [0.05, 0.1) is 18.2 Å². The van der Waals surface area contributed by atoms with Crippen LogP contribution in [-0.4, -0.2) is 45.4 Å². The van der Waals surface area contributed by atoms with Gasteiger partial charge in [-0.2, -0.15) is 4.31 Å². The predicted octanol–water partition coefficient (Wildman–Crippen LogP) is 2.95. The van der Waals surface area contributed by atoms with Crippen molar-refractivity contribution in [2.24, 2.45) is 0 Å². The maximum Gasteiger partial charge on any atom is 0.245 e. The van der Waals surface area contributed by atoms with E-state index in [0.29, 0.717) is 6.61 Å². The minimum absolute atomic E-state index is 0.0176. The van der Waals surface area contributed by atoms with E-state index in [4.69, 9.17) is 27.9 Å². The summed E-state index contributed by atoms with van der Waals surface area (Å²) in [6, 6.07) is 13.2. The number of hydrogen-bond donors (Lipinski definition) is 1. The van der Waals surface area contributed by atoms with Gasteiger partial charge in [0.1, 0.15) is 4.90 Å². The quantitative estimate of drug-likeness (QED) is 0.620. The molecule has 146 valence electrons. The number of amides is 1. The van der Waals surface area contributed by atoms with Crippen molar-refractivity contribution in [3.8, 4) is 0 Å². The number of carbonyl (C=O) groups excluding carboxylic acids is 1. The summed E-state index contributed by atoms with van der Waals surface area (Å²) >= 11 is 12.0. The van der Waals surface area contributed by atoms with Crippen LogP contribution in [0.15, 0.2) is 53.4 Å². The molecule has 0 bridgehead atoms. The van der Waals surface area contributed by atoms with Crippen molar-refractivity contribution in [1.82, 2.24) is 9.62 Å². The summed E-state index contributed by atoms with van der Waals surface area (Å²) in [4.78, 5) is 12.1. The Labute approximate surface area is 169 Å². The maximum atomic E-state index is 13.2. The topological polar surface area (TPSA) is 75.7 Å². The summed E-state index contributed by atoms with van der Waals surface area (Å²) in [6.07, 6.45) is 0. The molecule has 9 heteroatoms. The lowest BCUT2D eigenvalue weighted by Gasteiger charge is -2.22. The Morgan fingerprint density at radius 2 is 1.85 bits per heavy atom. The molecule has 0 aliphatic rings. The number of sulfonamides is 1. The SMILES string of the molecule is COCCNC(=O)CN(Cc1ccccc1)S(=O)(=O)c1cc(Cl)ccc1Cl. The zero-order chi connectivity index (χ0) is 19.9. The molecule has 0 radical (unpaired) electrons. The van der Waals surface area contributed by atoms with E-state index in [9.17, 15) is 13.2 Å². The molecule has 0 aromatic heterocycles. The molecule has 0 heterocycles. The predicted molar refractivity (Wildman–Crippen MR) is 105 cm³/mol. The van der Waals surface area contributed by atoms with Crippen LogP contribution in [0.2, 0.25) is 10.0 Å². The lowest BCUT2D eigenvalue weighted by atomic mass is 10.2. The summed E-state index contributed by atoms with van der Waals surface area (Å²) in [5.41, 5.74) is 0.740. The van der Waals surface area contributed by atoms with Crippen LogP contribution in [0.4, 0.5) is 0 Å². The van der Waals surface area contributed by atoms with Crippen LogP contribution >= 0.6 is 23.2 Å². The van der Waals surface area contributed by atoms with Crippen LogP contribution in [0.5, 0.6) is 0 Å². The highest BCUT2D eigenvalue weighted by Crippen LogP contribution is 2.28. The molecular formula is C18H20Cl2N2O4S. The van der Waals surface area contributed by atoms with E-state index in [0.717, 1.165) is 9.87 Å². The number of hydrogen-bond acceptors (Lipinski definition) is 4. The Morgan fingerprint density at radius 1 is 1.15 bits per heavy atom. The molecule has 0 aliphatic carbocycles. The molecule has 2 aromatic rings. The van der Waals surface area contributed by atoms with Crippen molar-refractivity contribution in [3.05, 3.63) is 64.1 Å². The number of rotatable bonds is 9. The van der Waals surface area contributed by atoms with Gasteiger partial charge in [0.25, 0.3) is 0 Å². The second kappa shape index (κ2) is 10.1. The number of carbonyl (C=O) groups is 1. The highest BCUT2D eigenvalue weighted by molar-refractivity contribution is 7.89. The third-order valence-corrected chi connectivity index (χ3v) is 6.17. The fourth-order valence-corrected chi connectivity index (χ4v) is 4.46. The molecule has 0 aliphatic heterocycles. The van der Waals surface area contributed by atoms with E-state index >= 15 is 0 Å². The molecule has 1 N–H and O–H groups in total. The average Bonchev–Trinajstić information content (AvgIpc) is 2.64. The van der Waals surface area contributed by atoms with Gasteiger partial charge in [0, 0.05) is 25.2 Å². The fourth-order valence-electron chi connectivity index (χ4n) is 2.34. The van der Waals surface area contributed by atoms with Gasteiger partial charge in [0.2, 0.25) is 15.9 Å². The number of methoxy groups -OCH3 is 1. The Balaban J connectivity index is 2.32. The Kier molecular flexibility index (Phi) is 8.07. The van der Waals surface area contributed by atoms with E-state index in [1.165, 1.54) is 25.3 Å². The minimum Gasteiger partial charge on any atom is -0.383 e. The molecule has 0 unspecified atom stereocenters. The van der Waals surface area contributed by atoms with Crippen LogP contribution in [0.25, 0.3) is 0 Å². The molecule has 1 amide bonds. The smallest absolute Gasteiger partial charge is 0.245 e. The van der Waals surface area contributed by atoms with Crippen molar-refractivity contribution in [1.29, 1.82) is 0 Å². The lowest BCUT2D eigenvalue weighted by molar-refractivity contribution is -0.121.